The molecular formula is C21H22N4O4. The van der Waals surface area contributed by atoms with Gasteiger partial charge in [-0.25, -0.2) is 10.1 Å². The minimum atomic E-state index is -0.581. The van der Waals surface area contributed by atoms with Crippen molar-refractivity contribution in [3.8, 4) is 17.2 Å². The molecule has 8 nitrogen and oxygen atoms in total. The largest absolute Gasteiger partial charge is 0.504 e. The lowest BCUT2D eigenvalue weighted by molar-refractivity contribution is 0.0954. The van der Waals surface area contributed by atoms with Gasteiger partial charge in [-0.2, -0.15) is 5.10 Å². The number of aromatic amines is 1. The number of carbonyl (C=O) groups excluding carboxylic acids is 1. The van der Waals surface area contributed by atoms with Crippen LogP contribution >= 0.6 is 0 Å². The number of aromatic hydroxyl groups is 2. The lowest BCUT2D eigenvalue weighted by Crippen LogP contribution is -2.23. The van der Waals surface area contributed by atoms with Gasteiger partial charge in [0.05, 0.1) is 17.0 Å². The molecule has 1 aromatic heterocycles. The second kappa shape index (κ2) is 7.67. The summed E-state index contributed by atoms with van der Waals surface area (Å²) in [5, 5.41) is 25.9. The van der Waals surface area contributed by atoms with Crippen molar-refractivity contribution in [1.29, 1.82) is 0 Å². The number of hydrazone groups is 1. The summed E-state index contributed by atoms with van der Waals surface area (Å²) in [6, 6.07) is 9.41. The summed E-state index contributed by atoms with van der Waals surface area (Å²) in [6.07, 6.45) is 0. The number of nitrogens with zero attached hydrogens (tertiary/aromatic N) is 2. The number of nitrogens with one attached hydrogen (secondary N) is 2. The van der Waals surface area contributed by atoms with Crippen molar-refractivity contribution < 1.29 is 15.0 Å². The number of hydrogen-bond acceptors (Lipinski definition) is 5. The summed E-state index contributed by atoms with van der Waals surface area (Å²) in [5.41, 5.74) is 6.43. The molecule has 29 heavy (non-hydrogen) atoms. The first kappa shape index (κ1) is 19.9. The molecule has 0 aliphatic rings. The molecule has 4 N–H and O–H groups in total. The summed E-state index contributed by atoms with van der Waals surface area (Å²) in [6.45, 7) is 7.36. The molecule has 0 aliphatic heterocycles. The molecule has 0 aliphatic carbocycles. The predicted octanol–water partition coefficient (Wildman–Crippen LogP) is 2.66. The maximum Gasteiger partial charge on any atom is 0.280 e. The van der Waals surface area contributed by atoms with Gasteiger partial charge < -0.3 is 10.2 Å². The summed E-state index contributed by atoms with van der Waals surface area (Å²) in [5.74, 6) is -1.31. The van der Waals surface area contributed by atoms with Gasteiger partial charge >= 0.3 is 0 Å². The van der Waals surface area contributed by atoms with Crippen molar-refractivity contribution in [3.63, 3.8) is 0 Å². The number of phenolic OH excluding ortho intramolecular Hbond substituents is 2. The van der Waals surface area contributed by atoms with Gasteiger partial charge in [-0.1, -0.05) is 6.07 Å². The van der Waals surface area contributed by atoms with Crippen molar-refractivity contribution in [2.45, 2.75) is 27.7 Å². The molecule has 0 fully saturated rings. The Hall–Kier alpha value is -3.81. The number of carbonyl (C=O) groups is 1. The van der Waals surface area contributed by atoms with Crippen LogP contribution in [0.15, 0.2) is 46.3 Å². The van der Waals surface area contributed by atoms with Crippen molar-refractivity contribution in [1.82, 2.24) is 15.2 Å². The Labute approximate surface area is 167 Å². The summed E-state index contributed by atoms with van der Waals surface area (Å²) < 4.78 is 1.44. The summed E-state index contributed by atoms with van der Waals surface area (Å²) in [7, 11) is 0. The molecule has 0 unspecified atom stereocenters. The average Bonchev–Trinajstić information content (AvgIpc) is 2.98. The van der Waals surface area contributed by atoms with Gasteiger partial charge in [0.15, 0.2) is 11.5 Å². The quantitative estimate of drug-likeness (QED) is 0.309. The average molecular weight is 394 g/mol. The van der Waals surface area contributed by atoms with E-state index in [9.17, 15) is 19.8 Å². The first-order valence-corrected chi connectivity index (χ1v) is 8.95. The van der Waals surface area contributed by atoms with Crippen molar-refractivity contribution in [3.05, 3.63) is 74.7 Å². The van der Waals surface area contributed by atoms with Gasteiger partial charge in [-0.15, -0.1) is 0 Å². The van der Waals surface area contributed by atoms with Gasteiger partial charge in [-0.3, -0.25) is 14.7 Å². The molecule has 0 atom stereocenters. The third-order valence-corrected chi connectivity index (χ3v) is 4.74. The molecule has 3 rings (SSSR count). The smallest absolute Gasteiger partial charge is 0.280 e. The third kappa shape index (κ3) is 3.91. The highest BCUT2D eigenvalue weighted by atomic mass is 16.3. The van der Waals surface area contributed by atoms with Crippen molar-refractivity contribution in [2.75, 3.05) is 0 Å². The minimum Gasteiger partial charge on any atom is -0.504 e. The number of aryl methyl sites for hydroxylation is 3. The lowest BCUT2D eigenvalue weighted by Gasteiger charge is -2.05. The molecule has 150 valence electrons. The topological polar surface area (TPSA) is 120 Å². The number of aromatic nitrogens is 2. The SMILES string of the molecule is CC(=NNC(=O)c1ccc(O)c(O)c1)c1c(C)[nH]n(-c2ccc(C)c(C)c2)c1=O. The first-order chi connectivity index (χ1) is 13.7. The van der Waals surface area contributed by atoms with Crippen LogP contribution in [0.1, 0.15) is 39.7 Å². The van der Waals surface area contributed by atoms with Gasteiger partial charge in [0.25, 0.3) is 11.5 Å². The zero-order valence-electron chi connectivity index (χ0n) is 16.6. The van der Waals surface area contributed by atoms with Gasteiger partial charge in [0.2, 0.25) is 0 Å². The zero-order valence-corrected chi connectivity index (χ0v) is 16.6. The molecule has 3 aromatic rings. The van der Waals surface area contributed by atoms with E-state index in [2.05, 4.69) is 15.6 Å². The molecule has 0 spiro atoms. The Balaban J connectivity index is 1.89. The second-order valence-corrected chi connectivity index (χ2v) is 6.86. The van der Waals surface area contributed by atoms with Crippen LogP contribution in [0.5, 0.6) is 11.5 Å². The molecule has 1 heterocycles. The molecule has 0 bridgehead atoms. The van der Waals surface area contributed by atoms with Crippen LogP contribution in [0.25, 0.3) is 5.69 Å². The van der Waals surface area contributed by atoms with E-state index >= 15 is 0 Å². The van der Waals surface area contributed by atoms with E-state index < -0.39 is 11.7 Å². The van der Waals surface area contributed by atoms with E-state index in [0.29, 0.717) is 22.7 Å². The number of benzene rings is 2. The van der Waals surface area contributed by atoms with E-state index in [1.54, 1.807) is 13.8 Å². The van der Waals surface area contributed by atoms with Crippen LogP contribution in [0, 0.1) is 20.8 Å². The van der Waals surface area contributed by atoms with E-state index in [1.807, 2.05) is 32.0 Å². The molecular weight excluding hydrogens is 372 g/mol. The van der Waals surface area contributed by atoms with Crippen LogP contribution < -0.4 is 11.0 Å². The lowest BCUT2D eigenvalue weighted by atomic mass is 10.1. The van der Waals surface area contributed by atoms with Gasteiger partial charge in [-0.05, 0) is 69.2 Å². The highest BCUT2D eigenvalue weighted by molar-refractivity contribution is 6.01. The Kier molecular flexibility index (Phi) is 5.27. The van der Waals surface area contributed by atoms with Crippen LogP contribution in [0.2, 0.25) is 0 Å². The Bertz CT molecular complexity index is 1190. The van der Waals surface area contributed by atoms with Gasteiger partial charge in [0.1, 0.15) is 0 Å². The number of phenols is 2. The highest BCUT2D eigenvalue weighted by Crippen LogP contribution is 2.24. The molecule has 2 aromatic carbocycles. The summed E-state index contributed by atoms with van der Waals surface area (Å²) in [4.78, 5) is 25.1. The summed E-state index contributed by atoms with van der Waals surface area (Å²) >= 11 is 0. The maximum absolute atomic E-state index is 12.9. The molecule has 8 heteroatoms. The highest BCUT2D eigenvalue weighted by Gasteiger charge is 2.16. The maximum atomic E-state index is 12.9. The molecule has 1 amide bonds. The van der Waals surface area contributed by atoms with E-state index in [0.717, 1.165) is 17.2 Å². The second-order valence-electron chi connectivity index (χ2n) is 6.86. The fourth-order valence-electron chi connectivity index (χ4n) is 2.94. The Morgan fingerprint density at radius 3 is 2.41 bits per heavy atom. The fourth-order valence-corrected chi connectivity index (χ4v) is 2.94. The number of H-pyrrole nitrogens is 1. The number of amides is 1. The standard InChI is InChI=1S/C21H22N4O4/c1-11-5-7-16(9-12(11)2)25-21(29)19(14(4)24-25)13(3)22-23-20(28)15-6-8-17(26)18(27)10-15/h5-10,24,26-27H,1-4H3,(H,23,28). The van der Waals surface area contributed by atoms with Crippen LogP contribution in [0.3, 0.4) is 0 Å². The molecule has 0 saturated heterocycles. The van der Waals surface area contributed by atoms with E-state index in [-0.39, 0.29) is 16.9 Å². The monoisotopic (exact) mass is 394 g/mol. The number of hydrogen-bond donors (Lipinski definition) is 4. The van der Waals surface area contributed by atoms with Crippen molar-refractivity contribution >= 4 is 11.6 Å². The predicted molar refractivity (Wildman–Crippen MR) is 110 cm³/mol. The van der Waals surface area contributed by atoms with E-state index in [1.165, 1.54) is 16.8 Å². The normalized spacial score (nSPS) is 11.5. The molecule has 0 radical (unpaired) electrons. The van der Waals surface area contributed by atoms with Crippen LogP contribution in [-0.2, 0) is 0 Å². The van der Waals surface area contributed by atoms with E-state index in [4.69, 9.17) is 0 Å². The van der Waals surface area contributed by atoms with Gasteiger partial charge in [0, 0.05) is 11.3 Å². The van der Waals surface area contributed by atoms with Crippen LogP contribution in [0.4, 0.5) is 0 Å². The zero-order chi connectivity index (χ0) is 21.3. The first-order valence-electron chi connectivity index (χ1n) is 8.95. The minimum absolute atomic E-state index is 0.121. The third-order valence-electron chi connectivity index (χ3n) is 4.74. The Morgan fingerprint density at radius 1 is 1.03 bits per heavy atom. The number of rotatable bonds is 4. The van der Waals surface area contributed by atoms with Crippen LogP contribution in [-0.4, -0.2) is 31.6 Å². The van der Waals surface area contributed by atoms with Crippen molar-refractivity contribution in [2.24, 2.45) is 5.10 Å². The fraction of sp³-hybridized carbons (Fsp3) is 0.190. The Morgan fingerprint density at radius 2 is 1.76 bits per heavy atom. The molecule has 0 saturated carbocycles.